The number of hydrogen-bond acceptors (Lipinski definition) is 1. The molecule has 2 atom stereocenters. The molecule has 0 spiro atoms. The van der Waals surface area contributed by atoms with Crippen LogP contribution in [-0.4, -0.2) is 29.3 Å². The van der Waals surface area contributed by atoms with Crippen LogP contribution < -0.4 is 0 Å². The molecule has 1 aliphatic rings. The Morgan fingerprint density at radius 2 is 2.17 bits per heavy atom. The minimum atomic E-state index is 0.141. The van der Waals surface area contributed by atoms with Crippen LogP contribution >= 0.6 is 11.6 Å². The molecule has 1 aromatic rings. The lowest BCUT2D eigenvalue weighted by Gasteiger charge is -2.26. The van der Waals surface area contributed by atoms with E-state index in [4.69, 9.17) is 11.6 Å². The van der Waals surface area contributed by atoms with Crippen molar-refractivity contribution in [1.82, 2.24) is 4.90 Å². The number of benzene rings is 1. The van der Waals surface area contributed by atoms with Gasteiger partial charge in [-0.15, -0.1) is 11.6 Å². The number of aryl methyl sites for hydroxylation is 1. The number of amides is 1. The van der Waals surface area contributed by atoms with E-state index in [1.165, 1.54) is 0 Å². The third-order valence-electron chi connectivity index (χ3n) is 3.93. The number of carbonyl (C=O) groups excluding carboxylic acids is 1. The van der Waals surface area contributed by atoms with Crippen molar-refractivity contribution in [3.8, 4) is 0 Å². The molecule has 0 radical (unpaired) electrons. The molecule has 1 saturated heterocycles. The molecule has 1 aromatic carbocycles. The number of likely N-dealkylation sites (tertiary alicyclic amines) is 1. The lowest BCUT2D eigenvalue weighted by molar-refractivity contribution is 0.0736. The van der Waals surface area contributed by atoms with Gasteiger partial charge in [0.1, 0.15) is 0 Å². The fourth-order valence-corrected chi connectivity index (χ4v) is 3.16. The predicted molar refractivity (Wildman–Crippen MR) is 75.1 cm³/mol. The van der Waals surface area contributed by atoms with E-state index in [1.807, 2.05) is 29.2 Å². The zero-order valence-electron chi connectivity index (χ0n) is 11.0. The lowest BCUT2D eigenvalue weighted by Crippen LogP contribution is -2.39. The quantitative estimate of drug-likeness (QED) is 0.768. The molecule has 18 heavy (non-hydrogen) atoms. The first-order chi connectivity index (χ1) is 8.69. The molecule has 1 amide bonds. The Morgan fingerprint density at radius 3 is 2.83 bits per heavy atom. The van der Waals surface area contributed by atoms with Crippen LogP contribution in [0.2, 0.25) is 0 Å². The van der Waals surface area contributed by atoms with Crippen molar-refractivity contribution in [3.63, 3.8) is 0 Å². The van der Waals surface area contributed by atoms with Gasteiger partial charge in [0.25, 0.3) is 5.91 Å². The average Bonchev–Trinajstić information content (AvgIpc) is 2.78. The second kappa shape index (κ2) is 5.75. The van der Waals surface area contributed by atoms with E-state index in [-0.39, 0.29) is 11.9 Å². The molecular weight excluding hydrogens is 246 g/mol. The minimum absolute atomic E-state index is 0.141. The molecular formula is C15H20ClNO. The Kier molecular flexibility index (Phi) is 4.28. The number of rotatable bonds is 3. The standard InChI is InChI=1S/C15H20ClNO/c1-3-12-6-4-5-7-13(12)15(18)17-9-8-11(2)14(17)10-16/h4-7,11,14H,3,8-10H2,1-2H3. The van der Waals surface area contributed by atoms with Gasteiger partial charge in [-0.25, -0.2) is 0 Å². The van der Waals surface area contributed by atoms with E-state index in [1.54, 1.807) is 0 Å². The second-order valence-corrected chi connectivity index (χ2v) is 5.31. The normalized spacial score (nSPS) is 23.4. The van der Waals surface area contributed by atoms with E-state index >= 15 is 0 Å². The molecule has 1 heterocycles. The summed E-state index contributed by atoms with van der Waals surface area (Å²) < 4.78 is 0. The third kappa shape index (κ3) is 2.39. The van der Waals surface area contributed by atoms with Crippen LogP contribution in [0.15, 0.2) is 24.3 Å². The molecule has 2 unspecified atom stereocenters. The Hall–Kier alpha value is -1.02. The summed E-state index contributed by atoms with van der Waals surface area (Å²) in [6, 6.07) is 8.06. The van der Waals surface area contributed by atoms with E-state index in [9.17, 15) is 4.79 Å². The maximum Gasteiger partial charge on any atom is 0.254 e. The smallest absolute Gasteiger partial charge is 0.254 e. The highest BCUT2D eigenvalue weighted by Crippen LogP contribution is 2.27. The Morgan fingerprint density at radius 1 is 1.44 bits per heavy atom. The van der Waals surface area contributed by atoms with Gasteiger partial charge in [-0.1, -0.05) is 32.0 Å². The molecule has 0 bridgehead atoms. The van der Waals surface area contributed by atoms with Gasteiger partial charge in [0.2, 0.25) is 0 Å². The molecule has 0 N–H and O–H groups in total. The van der Waals surface area contributed by atoms with Crippen molar-refractivity contribution in [2.45, 2.75) is 32.7 Å². The van der Waals surface area contributed by atoms with E-state index < -0.39 is 0 Å². The zero-order valence-corrected chi connectivity index (χ0v) is 11.8. The molecule has 1 aliphatic heterocycles. The van der Waals surface area contributed by atoms with Crippen molar-refractivity contribution in [2.75, 3.05) is 12.4 Å². The highest BCUT2D eigenvalue weighted by molar-refractivity contribution is 6.18. The van der Waals surface area contributed by atoms with Crippen LogP contribution in [0.1, 0.15) is 36.2 Å². The predicted octanol–water partition coefficient (Wildman–Crippen LogP) is 3.34. The molecule has 0 aromatic heterocycles. The van der Waals surface area contributed by atoms with E-state index in [0.29, 0.717) is 11.8 Å². The molecule has 0 saturated carbocycles. The topological polar surface area (TPSA) is 20.3 Å². The summed E-state index contributed by atoms with van der Waals surface area (Å²) in [5.41, 5.74) is 1.96. The van der Waals surface area contributed by atoms with Gasteiger partial charge in [-0.3, -0.25) is 4.79 Å². The van der Waals surface area contributed by atoms with Crippen LogP contribution in [0.4, 0.5) is 0 Å². The first kappa shape index (κ1) is 13.4. The van der Waals surface area contributed by atoms with Crippen molar-refractivity contribution in [2.24, 2.45) is 5.92 Å². The Bertz CT molecular complexity index is 432. The SMILES string of the molecule is CCc1ccccc1C(=O)N1CCC(C)C1CCl. The average molecular weight is 266 g/mol. The van der Waals surface area contributed by atoms with Crippen LogP contribution in [0.25, 0.3) is 0 Å². The largest absolute Gasteiger partial charge is 0.334 e. The fourth-order valence-electron chi connectivity index (χ4n) is 2.69. The van der Waals surface area contributed by atoms with Gasteiger partial charge in [-0.2, -0.15) is 0 Å². The molecule has 3 heteroatoms. The molecule has 0 aliphatic carbocycles. The van der Waals surface area contributed by atoms with Crippen molar-refractivity contribution in [3.05, 3.63) is 35.4 Å². The summed E-state index contributed by atoms with van der Waals surface area (Å²) in [5, 5.41) is 0. The van der Waals surface area contributed by atoms with Gasteiger partial charge < -0.3 is 4.90 Å². The zero-order chi connectivity index (χ0) is 13.1. The van der Waals surface area contributed by atoms with Gasteiger partial charge in [0, 0.05) is 24.0 Å². The summed E-state index contributed by atoms with van der Waals surface area (Å²) in [7, 11) is 0. The monoisotopic (exact) mass is 265 g/mol. The van der Waals surface area contributed by atoms with Gasteiger partial charge in [0.05, 0.1) is 0 Å². The molecule has 1 fully saturated rings. The maximum atomic E-state index is 12.6. The Balaban J connectivity index is 2.26. The van der Waals surface area contributed by atoms with Gasteiger partial charge in [0.15, 0.2) is 0 Å². The van der Waals surface area contributed by atoms with Crippen molar-refractivity contribution < 1.29 is 4.79 Å². The van der Waals surface area contributed by atoms with E-state index in [2.05, 4.69) is 13.8 Å². The molecule has 2 rings (SSSR count). The van der Waals surface area contributed by atoms with Gasteiger partial charge in [-0.05, 0) is 30.4 Å². The highest BCUT2D eigenvalue weighted by Gasteiger charge is 2.34. The minimum Gasteiger partial charge on any atom is -0.334 e. The fraction of sp³-hybridized carbons (Fsp3) is 0.533. The first-order valence-electron chi connectivity index (χ1n) is 6.63. The molecule has 2 nitrogen and oxygen atoms in total. The summed E-state index contributed by atoms with van der Waals surface area (Å²) in [4.78, 5) is 14.6. The number of carbonyl (C=O) groups is 1. The number of nitrogens with zero attached hydrogens (tertiary/aromatic N) is 1. The third-order valence-corrected chi connectivity index (χ3v) is 4.25. The van der Waals surface area contributed by atoms with E-state index in [0.717, 1.165) is 30.5 Å². The molecule has 98 valence electrons. The van der Waals surface area contributed by atoms with Crippen LogP contribution in [0.3, 0.4) is 0 Å². The van der Waals surface area contributed by atoms with Crippen LogP contribution in [0.5, 0.6) is 0 Å². The van der Waals surface area contributed by atoms with Crippen molar-refractivity contribution in [1.29, 1.82) is 0 Å². The maximum absolute atomic E-state index is 12.6. The number of halogens is 1. The highest BCUT2D eigenvalue weighted by atomic mass is 35.5. The summed E-state index contributed by atoms with van der Waals surface area (Å²) >= 11 is 6.01. The second-order valence-electron chi connectivity index (χ2n) is 5.00. The summed E-state index contributed by atoms with van der Waals surface area (Å²) in [5.74, 6) is 1.17. The lowest BCUT2D eigenvalue weighted by atomic mass is 10.0. The number of alkyl halides is 1. The first-order valence-corrected chi connectivity index (χ1v) is 7.17. The number of hydrogen-bond donors (Lipinski definition) is 0. The summed E-state index contributed by atoms with van der Waals surface area (Å²) in [6.45, 7) is 5.08. The van der Waals surface area contributed by atoms with Crippen LogP contribution in [0, 0.1) is 5.92 Å². The summed E-state index contributed by atoms with van der Waals surface area (Å²) in [6.07, 6.45) is 1.94. The Labute approximate surface area is 114 Å². The van der Waals surface area contributed by atoms with Crippen LogP contribution in [-0.2, 0) is 6.42 Å². The van der Waals surface area contributed by atoms with Crippen molar-refractivity contribution >= 4 is 17.5 Å². The van der Waals surface area contributed by atoms with Gasteiger partial charge >= 0.3 is 0 Å².